The van der Waals surface area contributed by atoms with Gasteiger partial charge in [0.25, 0.3) is 0 Å². The van der Waals surface area contributed by atoms with E-state index in [4.69, 9.17) is 23.5 Å². The Hall–Kier alpha value is -5.60. The number of ketones is 1. The van der Waals surface area contributed by atoms with E-state index in [9.17, 15) is 29.4 Å². The molecule has 2 aliphatic rings. The third-order valence-electron chi connectivity index (χ3n) is 9.10. The predicted molar refractivity (Wildman–Crippen MR) is 185 cm³/mol. The summed E-state index contributed by atoms with van der Waals surface area (Å²) in [6.45, 7) is 1.59. The van der Waals surface area contributed by atoms with Crippen LogP contribution in [0, 0.1) is 0 Å². The number of hydrogen-bond donors (Lipinski definition) is 4. The highest BCUT2D eigenvalue weighted by atomic mass is 16.5. The molecule has 1 fully saturated rings. The minimum absolute atomic E-state index is 0.105. The molecule has 52 heavy (non-hydrogen) atoms. The van der Waals surface area contributed by atoms with Gasteiger partial charge >= 0.3 is 5.97 Å². The van der Waals surface area contributed by atoms with Crippen molar-refractivity contribution >= 4 is 29.6 Å². The lowest BCUT2D eigenvalue weighted by Crippen LogP contribution is -2.26. The fraction of sp³-hybridized carbons (Fsp3) is 0.459. The Morgan fingerprint density at radius 1 is 1.02 bits per heavy atom. The SMILES string of the molecule is COc1cc(C(CC(=O)NCc2noc(C3CCC(=O)N3)n2)c2c(O)cc3c(c2O)C(=O)O[C@@H](C)CCCC(=O)CCC/C=C/3)cc(OC)c1OC. The van der Waals surface area contributed by atoms with Crippen LogP contribution in [0.25, 0.3) is 6.08 Å². The van der Waals surface area contributed by atoms with Crippen LogP contribution in [-0.4, -0.2) is 71.4 Å². The highest BCUT2D eigenvalue weighted by Crippen LogP contribution is 2.47. The normalized spacial score (nSPS) is 19.4. The van der Waals surface area contributed by atoms with Crippen LogP contribution in [-0.2, 0) is 25.7 Å². The van der Waals surface area contributed by atoms with Crippen molar-refractivity contribution < 1.29 is 52.9 Å². The molecule has 0 spiro atoms. The van der Waals surface area contributed by atoms with Crippen LogP contribution in [0.2, 0.25) is 0 Å². The molecule has 4 N–H and O–H groups in total. The first-order valence-corrected chi connectivity index (χ1v) is 17.2. The van der Waals surface area contributed by atoms with Crippen molar-refractivity contribution in [2.75, 3.05) is 21.3 Å². The summed E-state index contributed by atoms with van der Waals surface area (Å²) in [5.74, 6) is -2.13. The highest BCUT2D eigenvalue weighted by Gasteiger charge is 2.33. The molecule has 278 valence electrons. The maximum atomic E-state index is 13.7. The number of amides is 2. The van der Waals surface area contributed by atoms with Crippen molar-refractivity contribution in [1.82, 2.24) is 20.8 Å². The van der Waals surface area contributed by atoms with Crippen LogP contribution in [0.4, 0.5) is 0 Å². The Labute approximate surface area is 300 Å². The topological polar surface area (TPSA) is 209 Å². The van der Waals surface area contributed by atoms with Crippen LogP contribution < -0.4 is 24.8 Å². The van der Waals surface area contributed by atoms with Crippen molar-refractivity contribution in [3.8, 4) is 28.7 Å². The van der Waals surface area contributed by atoms with E-state index in [1.807, 2.05) is 0 Å². The number of carbonyl (C=O) groups excluding carboxylic acids is 4. The number of hydrogen-bond acceptors (Lipinski definition) is 13. The number of aromatic nitrogens is 2. The minimum Gasteiger partial charge on any atom is -0.507 e. The Morgan fingerprint density at radius 3 is 2.42 bits per heavy atom. The summed E-state index contributed by atoms with van der Waals surface area (Å²) in [7, 11) is 4.30. The number of benzene rings is 2. The van der Waals surface area contributed by atoms with Crippen LogP contribution in [0.5, 0.6) is 28.7 Å². The number of fused-ring (bicyclic) bond motifs is 1. The molecular formula is C37H44N4O11. The maximum Gasteiger partial charge on any atom is 0.342 e. The summed E-state index contributed by atoms with van der Waals surface area (Å²) < 4.78 is 27.6. The van der Waals surface area contributed by atoms with E-state index in [-0.39, 0.29) is 76.1 Å². The van der Waals surface area contributed by atoms with Gasteiger partial charge in [0.05, 0.1) is 34.0 Å². The Bertz CT molecular complexity index is 1810. The molecule has 0 radical (unpaired) electrons. The second kappa shape index (κ2) is 17.1. The van der Waals surface area contributed by atoms with E-state index in [1.54, 1.807) is 31.2 Å². The quantitative estimate of drug-likeness (QED) is 0.208. The Kier molecular flexibility index (Phi) is 12.4. The zero-order valence-electron chi connectivity index (χ0n) is 29.7. The molecule has 3 heterocycles. The average Bonchev–Trinajstić information content (AvgIpc) is 3.77. The second-order valence-electron chi connectivity index (χ2n) is 12.8. The van der Waals surface area contributed by atoms with E-state index >= 15 is 0 Å². The first-order valence-electron chi connectivity index (χ1n) is 17.2. The van der Waals surface area contributed by atoms with Gasteiger partial charge in [-0.25, -0.2) is 4.79 Å². The molecule has 1 saturated heterocycles. The third kappa shape index (κ3) is 8.82. The van der Waals surface area contributed by atoms with Gasteiger partial charge in [-0.1, -0.05) is 17.3 Å². The zero-order chi connectivity index (χ0) is 37.4. The summed E-state index contributed by atoms with van der Waals surface area (Å²) >= 11 is 0. The molecular weight excluding hydrogens is 676 g/mol. The van der Waals surface area contributed by atoms with Gasteiger partial charge in [-0.15, -0.1) is 0 Å². The predicted octanol–water partition coefficient (Wildman–Crippen LogP) is 4.78. The summed E-state index contributed by atoms with van der Waals surface area (Å²) in [4.78, 5) is 55.5. The second-order valence-corrected chi connectivity index (χ2v) is 12.8. The lowest BCUT2D eigenvalue weighted by atomic mass is 9.84. The van der Waals surface area contributed by atoms with Gasteiger partial charge in [-0.05, 0) is 68.4 Å². The van der Waals surface area contributed by atoms with Crippen molar-refractivity contribution in [2.24, 2.45) is 0 Å². The number of phenols is 2. The lowest BCUT2D eigenvalue weighted by molar-refractivity contribution is -0.121. The fourth-order valence-electron chi connectivity index (χ4n) is 6.42. The maximum absolute atomic E-state index is 13.7. The molecule has 2 aliphatic heterocycles. The van der Waals surface area contributed by atoms with Crippen molar-refractivity contribution in [2.45, 2.75) is 89.3 Å². The van der Waals surface area contributed by atoms with Crippen molar-refractivity contribution in [3.05, 3.63) is 58.2 Å². The van der Waals surface area contributed by atoms with Crippen LogP contribution in [0.1, 0.15) is 115 Å². The number of carbonyl (C=O) groups is 4. The third-order valence-corrected chi connectivity index (χ3v) is 9.10. The lowest BCUT2D eigenvalue weighted by Gasteiger charge is -2.24. The number of allylic oxidation sites excluding steroid dienone is 1. The molecule has 15 nitrogen and oxygen atoms in total. The first-order chi connectivity index (χ1) is 25.0. The van der Waals surface area contributed by atoms with Gasteiger partial charge < -0.3 is 44.3 Å². The number of phenolic OH excluding ortho intramolecular Hbond substituents is 2. The molecule has 1 aromatic heterocycles. The molecule has 2 aromatic carbocycles. The summed E-state index contributed by atoms with van der Waals surface area (Å²) in [6, 6.07) is 4.12. The zero-order valence-corrected chi connectivity index (χ0v) is 29.7. The molecule has 5 rings (SSSR count). The minimum atomic E-state index is -1.07. The monoisotopic (exact) mass is 720 g/mol. The molecule has 0 bridgehead atoms. The number of cyclic esters (lactones) is 1. The van der Waals surface area contributed by atoms with E-state index < -0.39 is 35.7 Å². The van der Waals surface area contributed by atoms with E-state index in [0.29, 0.717) is 56.9 Å². The summed E-state index contributed by atoms with van der Waals surface area (Å²) in [5, 5.41) is 32.9. The van der Waals surface area contributed by atoms with Crippen LogP contribution >= 0.6 is 0 Å². The number of aromatic hydroxyl groups is 2. The highest BCUT2D eigenvalue weighted by molar-refractivity contribution is 5.98. The number of rotatable bonds is 10. The van der Waals surface area contributed by atoms with Gasteiger partial charge in [-0.3, -0.25) is 14.4 Å². The molecule has 0 saturated carbocycles. The molecule has 0 aliphatic carbocycles. The van der Waals surface area contributed by atoms with Crippen molar-refractivity contribution in [1.29, 1.82) is 0 Å². The number of nitrogens with one attached hydrogen (secondary N) is 2. The number of ether oxygens (including phenoxy) is 4. The Balaban J connectivity index is 1.53. The largest absolute Gasteiger partial charge is 0.507 e. The molecule has 15 heteroatoms. The van der Waals surface area contributed by atoms with E-state index in [0.717, 1.165) is 0 Å². The molecule has 3 atom stereocenters. The van der Waals surface area contributed by atoms with Gasteiger partial charge in [0.15, 0.2) is 17.3 Å². The first kappa shape index (κ1) is 37.7. The van der Waals surface area contributed by atoms with E-state index in [1.165, 1.54) is 27.4 Å². The number of nitrogens with zero attached hydrogens (tertiary/aromatic N) is 2. The molecule has 2 unspecified atom stereocenters. The van der Waals surface area contributed by atoms with Gasteiger partial charge in [-0.2, -0.15) is 4.98 Å². The van der Waals surface area contributed by atoms with Gasteiger partial charge in [0.1, 0.15) is 28.9 Å². The van der Waals surface area contributed by atoms with Crippen molar-refractivity contribution in [3.63, 3.8) is 0 Å². The smallest absolute Gasteiger partial charge is 0.342 e. The van der Waals surface area contributed by atoms with Crippen LogP contribution in [0.3, 0.4) is 0 Å². The number of Topliss-reactive ketones (excluding diaryl/α,β-unsaturated/α-hetero) is 1. The molecule has 3 aromatic rings. The fourth-order valence-corrected chi connectivity index (χ4v) is 6.42. The number of methoxy groups -OCH3 is 3. The summed E-state index contributed by atoms with van der Waals surface area (Å²) in [5.41, 5.74) is 0.308. The van der Waals surface area contributed by atoms with Crippen LogP contribution in [0.15, 0.2) is 28.8 Å². The van der Waals surface area contributed by atoms with Gasteiger partial charge in [0.2, 0.25) is 23.5 Å². The Morgan fingerprint density at radius 2 is 1.75 bits per heavy atom. The average molecular weight is 721 g/mol. The van der Waals surface area contributed by atoms with E-state index in [2.05, 4.69) is 20.8 Å². The standard InChI is InChI=1S/C37H44N4O11/c1-20-9-8-12-23(42)11-7-5-6-10-21-15-26(43)33(34(46)32(21)37(47)51-20)24(22-16-27(48-2)35(50-4)28(17-22)49-3)18-31(45)38-19-29-40-36(52-41-29)25-13-14-30(44)39-25/h6,10,15-17,20,24-25,43,46H,5,7-9,11-14,18-19H2,1-4H3,(H,38,45)(H,39,44)/b10-6+/t20-,24?,25?/m0/s1. The molecule has 2 amide bonds. The number of esters is 1. The van der Waals surface area contributed by atoms with Gasteiger partial charge in [0, 0.05) is 37.2 Å². The summed E-state index contributed by atoms with van der Waals surface area (Å²) in [6.07, 6.45) is 6.26.